The van der Waals surface area contributed by atoms with Crippen LogP contribution in [-0.2, 0) is 6.42 Å². The predicted octanol–water partition coefficient (Wildman–Crippen LogP) is 2.35. The summed E-state index contributed by atoms with van der Waals surface area (Å²) in [5.74, 6) is 0.742. The van der Waals surface area contributed by atoms with E-state index < -0.39 is 0 Å². The molecule has 1 aromatic carbocycles. The van der Waals surface area contributed by atoms with Gasteiger partial charge in [-0.1, -0.05) is 13.0 Å². The van der Waals surface area contributed by atoms with Gasteiger partial charge in [0.1, 0.15) is 5.52 Å². The van der Waals surface area contributed by atoms with Crippen LogP contribution in [0.4, 0.5) is 5.69 Å². The molecular weight excluding hydrogens is 226 g/mol. The van der Waals surface area contributed by atoms with E-state index in [-0.39, 0.29) is 0 Å². The van der Waals surface area contributed by atoms with Gasteiger partial charge >= 0.3 is 0 Å². The molecule has 2 heterocycles. The number of aryl methyl sites for hydroxylation is 1. The zero-order valence-electron chi connectivity index (χ0n) is 10.5. The molecule has 1 aliphatic rings. The fourth-order valence-electron chi connectivity index (χ4n) is 2.34. The van der Waals surface area contributed by atoms with Crippen molar-refractivity contribution >= 4 is 22.4 Å². The summed E-state index contributed by atoms with van der Waals surface area (Å²) in [7, 11) is 0. The van der Waals surface area contributed by atoms with Crippen LogP contribution in [0, 0.1) is 0 Å². The van der Waals surface area contributed by atoms with Crippen LogP contribution in [0.5, 0.6) is 0 Å². The number of nitrogens with one attached hydrogen (secondary N) is 1. The molecule has 0 saturated carbocycles. The Morgan fingerprint density at radius 1 is 1.44 bits per heavy atom. The summed E-state index contributed by atoms with van der Waals surface area (Å²) in [6.07, 6.45) is 4.00. The number of aromatic nitrogens is 1. The summed E-state index contributed by atoms with van der Waals surface area (Å²) in [6, 6.07) is 3.84. The number of anilines is 1. The molecule has 0 amide bonds. The van der Waals surface area contributed by atoms with Crippen molar-refractivity contribution < 1.29 is 4.42 Å². The summed E-state index contributed by atoms with van der Waals surface area (Å²) >= 11 is 0. The lowest BCUT2D eigenvalue weighted by atomic mass is 10.1. The second-order valence-corrected chi connectivity index (χ2v) is 4.58. The number of hydrogen-bond acceptors (Lipinski definition) is 4. The lowest BCUT2D eigenvalue weighted by molar-refractivity contribution is 0.571. The van der Waals surface area contributed by atoms with Crippen LogP contribution in [-0.4, -0.2) is 18.1 Å². The zero-order valence-corrected chi connectivity index (χ0v) is 10.5. The number of nitrogen functional groups attached to an aromatic ring is 1. The van der Waals surface area contributed by atoms with Crippen LogP contribution in [0.2, 0.25) is 0 Å². The smallest absolute Gasteiger partial charge is 0.223 e. The molecule has 0 fully saturated rings. The van der Waals surface area contributed by atoms with Crippen molar-refractivity contribution in [3.05, 3.63) is 29.7 Å². The van der Waals surface area contributed by atoms with Crippen LogP contribution in [0.25, 0.3) is 16.7 Å². The van der Waals surface area contributed by atoms with Crippen LogP contribution in [0.3, 0.4) is 0 Å². The molecular formula is C14H17N3O. The summed E-state index contributed by atoms with van der Waals surface area (Å²) in [5.41, 5.74) is 10.7. The highest BCUT2D eigenvalue weighted by molar-refractivity contribution is 5.82. The molecule has 1 aliphatic heterocycles. The second kappa shape index (κ2) is 4.46. The third-order valence-corrected chi connectivity index (χ3v) is 3.31. The monoisotopic (exact) mass is 243 g/mol. The van der Waals surface area contributed by atoms with E-state index in [1.165, 1.54) is 5.57 Å². The minimum absolute atomic E-state index is 0.742. The maximum Gasteiger partial charge on any atom is 0.223 e. The molecule has 0 atom stereocenters. The van der Waals surface area contributed by atoms with Crippen molar-refractivity contribution in [3.63, 3.8) is 0 Å². The Morgan fingerprint density at radius 3 is 3.06 bits per heavy atom. The van der Waals surface area contributed by atoms with Crippen molar-refractivity contribution in [2.75, 3.05) is 18.8 Å². The van der Waals surface area contributed by atoms with E-state index in [0.29, 0.717) is 0 Å². The van der Waals surface area contributed by atoms with Crippen molar-refractivity contribution in [2.24, 2.45) is 0 Å². The Morgan fingerprint density at radius 2 is 2.33 bits per heavy atom. The number of nitrogens with zero attached hydrogens (tertiary/aromatic N) is 1. The predicted molar refractivity (Wildman–Crippen MR) is 73.3 cm³/mol. The van der Waals surface area contributed by atoms with E-state index >= 15 is 0 Å². The Bertz CT molecular complexity index is 613. The average Bonchev–Trinajstić information content (AvgIpc) is 2.82. The number of oxazole rings is 1. The lowest BCUT2D eigenvalue weighted by Crippen LogP contribution is -2.20. The fraction of sp³-hybridized carbons (Fsp3) is 0.357. The normalized spacial score (nSPS) is 15.9. The largest absolute Gasteiger partial charge is 0.436 e. The first-order chi connectivity index (χ1) is 8.78. The molecule has 0 unspecified atom stereocenters. The molecule has 4 nitrogen and oxygen atoms in total. The first kappa shape index (κ1) is 11.3. The van der Waals surface area contributed by atoms with Gasteiger partial charge in [-0.25, -0.2) is 4.98 Å². The third-order valence-electron chi connectivity index (χ3n) is 3.31. The highest BCUT2D eigenvalue weighted by Gasteiger charge is 2.15. The molecule has 2 aromatic rings. The topological polar surface area (TPSA) is 64.1 Å². The molecule has 0 aliphatic carbocycles. The van der Waals surface area contributed by atoms with Gasteiger partial charge in [0, 0.05) is 17.8 Å². The molecule has 3 rings (SSSR count). The molecule has 1 aromatic heterocycles. The number of fused-ring (bicyclic) bond motifs is 1. The second-order valence-electron chi connectivity index (χ2n) is 4.58. The SMILES string of the molecule is CCc1cc(N)cc2nc(C3=CCNCC3)oc12. The van der Waals surface area contributed by atoms with Gasteiger partial charge in [0.15, 0.2) is 5.58 Å². The Balaban J connectivity index is 2.13. The van der Waals surface area contributed by atoms with Crippen LogP contribution in [0.15, 0.2) is 22.6 Å². The lowest BCUT2D eigenvalue weighted by Gasteiger charge is -2.10. The third kappa shape index (κ3) is 1.88. The molecule has 0 radical (unpaired) electrons. The van der Waals surface area contributed by atoms with E-state index in [1.54, 1.807) is 0 Å². The maximum atomic E-state index is 5.92. The summed E-state index contributed by atoms with van der Waals surface area (Å²) < 4.78 is 5.92. The highest BCUT2D eigenvalue weighted by Crippen LogP contribution is 2.28. The quantitative estimate of drug-likeness (QED) is 0.795. The van der Waals surface area contributed by atoms with Gasteiger partial charge in [0.2, 0.25) is 5.89 Å². The number of hydrogen-bond donors (Lipinski definition) is 2. The molecule has 0 spiro atoms. The molecule has 3 N–H and O–H groups in total. The van der Waals surface area contributed by atoms with Gasteiger partial charge < -0.3 is 15.5 Å². The van der Waals surface area contributed by atoms with Gasteiger partial charge in [0.05, 0.1) is 0 Å². The summed E-state index contributed by atoms with van der Waals surface area (Å²) in [6.45, 7) is 3.96. The number of nitrogens with two attached hydrogens (primary N) is 1. The molecule has 94 valence electrons. The summed E-state index contributed by atoms with van der Waals surface area (Å²) in [4.78, 5) is 4.56. The van der Waals surface area contributed by atoms with Gasteiger partial charge in [0.25, 0.3) is 0 Å². The van der Waals surface area contributed by atoms with E-state index in [0.717, 1.165) is 54.2 Å². The minimum atomic E-state index is 0.742. The highest BCUT2D eigenvalue weighted by atomic mass is 16.3. The molecule has 18 heavy (non-hydrogen) atoms. The van der Waals surface area contributed by atoms with Crippen LogP contribution < -0.4 is 11.1 Å². The Labute approximate surface area is 106 Å². The van der Waals surface area contributed by atoms with E-state index in [4.69, 9.17) is 10.2 Å². The molecule has 0 bridgehead atoms. The molecule has 4 heteroatoms. The Kier molecular flexibility index (Phi) is 2.80. The van der Waals surface area contributed by atoms with Crippen molar-refractivity contribution in [3.8, 4) is 0 Å². The van der Waals surface area contributed by atoms with Crippen molar-refractivity contribution in [1.29, 1.82) is 0 Å². The van der Waals surface area contributed by atoms with Crippen molar-refractivity contribution in [1.82, 2.24) is 10.3 Å². The maximum absolute atomic E-state index is 5.92. The molecule has 0 saturated heterocycles. The number of rotatable bonds is 2. The van der Waals surface area contributed by atoms with E-state index in [9.17, 15) is 0 Å². The van der Waals surface area contributed by atoms with Gasteiger partial charge in [-0.2, -0.15) is 0 Å². The fourth-order valence-corrected chi connectivity index (χ4v) is 2.34. The Hall–Kier alpha value is -1.81. The van der Waals surface area contributed by atoms with Crippen LogP contribution >= 0.6 is 0 Å². The van der Waals surface area contributed by atoms with E-state index in [1.807, 2.05) is 12.1 Å². The number of benzene rings is 1. The van der Waals surface area contributed by atoms with Gasteiger partial charge in [-0.05, 0) is 37.1 Å². The summed E-state index contributed by atoms with van der Waals surface area (Å²) in [5, 5.41) is 3.28. The van der Waals surface area contributed by atoms with E-state index in [2.05, 4.69) is 23.3 Å². The van der Waals surface area contributed by atoms with Gasteiger partial charge in [-0.3, -0.25) is 0 Å². The zero-order chi connectivity index (χ0) is 12.5. The minimum Gasteiger partial charge on any atom is -0.436 e. The van der Waals surface area contributed by atoms with Crippen molar-refractivity contribution in [2.45, 2.75) is 19.8 Å². The average molecular weight is 243 g/mol. The standard InChI is InChI=1S/C14H17N3O/c1-2-9-7-11(15)8-12-13(9)18-14(17-12)10-3-5-16-6-4-10/h3,7-8,16H,2,4-6,15H2,1H3. The first-order valence-electron chi connectivity index (χ1n) is 6.37. The first-order valence-corrected chi connectivity index (χ1v) is 6.37. The van der Waals surface area contributed by atoms with Crippen LogP contribution in [0.1, 0.15) is 24.8 Å². The van der Waals surface area contributed by atoms with Gasteiger partial charge in [-0.15, -0.1) is 0 Å².